The Morgan fingerprint density at radius 3 is 2.48 bits per heavy atom. The van der Waals surface area contributed by atoms with Crippen molar-refractivity contribution in [1.82, 2.24) is 9.55 Å². The first kappa shape index (κ1) is 20.3. The molecule has 1 heterocycles. The summed E-state index contributed by atoms with van der Waals surface area (Å²) in [7, 11) is 0. The summed E-state index contributed by atoms with van der Waals surface area (Å²) in [5.74, 6) is -1.75. The molecule has 2 aromatic carbocycles. The van der Waals surface area contributed by atoms with Crippen LogP contribution >= 0.6 is 0 Å². The fourth-order valence-electron chi connectivity index (χ4n) is 3.64. The average molecular weight is 418 g/mol. The van der Waals surface area contributed by atoms with E-state index in [-0.39, 0.29) is 29.9 Å². The molecule has 1 aliphatic carbocycles. The van der Waals surface area contributed by atoms with Crippen LogP contribution in [-0.2, 0) is 11.2 Å². The number of aromatic nitrogens is 2. The number of carboxylic acid groups (broad SMARTS) is 1. The molecule has 0 bridgehead atoms. The minimum atomic E-state index is -1.03. The van der Waals surface area contributed by atoms with Crippen LogP contribution in [0.25, 0.3) is 17.1 Å². The standard InChI is InChI=1S/C23H19FN4O3/c24-18-11-15(3-4-16(18)12-25)23-27-21(22(26)31)19(9-10-20(29)30)28(23)17-7-5-14(6-8-17)13-1-2-13/h3-8,11,13H,1-2,9-10H2,(H2,26,31)(H,29,30). The van der Waals surface area contributed by atoms with Crippen molar-refractivity contribution in [2.24, 2.45) is 5.73 Å². The van der Waals surface area contributed by atoms with E-state index in [1.54, 1.807) is 10.6 Å². The largest absolute Gasteiger partial charge is 0.481 e. The molecule has 0 saturated heterocycles. The zero-order valence-electron chi connectivity index (χ0n) is 16.5. The Morgan fingerprint density at radius 2 is 1.94 bits per heavy atom. The molecule has 0 spiro atoms. The monoisotopic (exact) mass is 418 g/mol. The molecule has 1 aliphatic rings. The molecule has 3 aromatic rings. The van der Waals surface area contributed by atoms with Gasteiger partial charge < -0.3 is 10.8 Å². The van der Waals surface area contributed by atoms with E-state index < -0.39 is 17.7 Å². The number of benzene rings is 2. The number of carboxylic acids is 1. The summed E-state index contributed by atoms with van der Waals surface area (Å²) in [4.78, 5) is 27.6. The van der Waals surface area contributed by atoms with Gasteiger partial charge in [-0.3, -0.25) is 14.2 Å². The molecule has 31 heavy (non-hydrogen) atoms. The zero-order chi connectivity index (χ0) is 22.1. The lowest BCUT2D eigenvalue weighted by atomic mass is 10.1. The molecule has 1 aromatic heterocycles. The fourth-order valence-corrected chi connectivity index (χ4v) is 3.64. The topological polar surface area (TPSA) is 122 Å². The number of rotatable bonds is 7. The number of hydrogen-bond acceptors (Lipinski definition) is 4. The Balaban J connectivity index is 1.91. The number of hydrogen-bond donors (Lipinski definition) is 2. The molecule has 3 N–H and O–H groups in total. The van der Waals surface area contributed by atoms with E-state index in [2.05, 4.69) is 4.98 Å². The van der Waals surface area contributed by atoms with E-state index in [0.29, 0.717) is 22.9 Å². The predicted octanol–water partition coefficient (Wildman–Crippen LogP) is 3.54. The summed E-state index contributed by atoms with van der Waals surface area (Å²) >= 11 is 0. The van der Waals surface area contributed by atoms with Gasteiger partial charge in [-0.05, 0) is 54.7 Å². The Hall–Kier alpha value is -3.99. The van der Waals surface area contributed by atoms with Crippen LogP contribution in [0.1, 0.15) is 52.5 Å². The highest BCUT2D eigenvalue weighted by molar-refractivity contribution is 5.93. The van der Waals surface area contributed by atoms with Crippen molar-refractivity contribution in [3.63, 3.8) is 0 Å². The lowest BCUT2D eigenvalue weighted by molar-refractivity contribution is -0.137. The Morgan fingerprint density at radius 1 is 1.23 bits per heavy atom. The van der Waals surface area contributed by atoms with Crippen LogP contribution in [0, 0.1) is 17.1 Å². The van der Waals surface area contributed by atoms with Crippen LogP contribution in [-0.4, -0.2) is 26.5 Å². The number of carbonyl (C=O) groups is 2. The van der Waals surface area contributed by atoms with Gasteiger partial charge in [0.1, 0.15) is 23.4 Å². The lowest BCUT2D eigenvalue weighted by Gasteiger charge is -2.13. The highest BCUT2D eigenvalue weighted by Crippen LogP contribution is 2.40. The molecule has 8 heteroatoms. The minimum absolute atomic E-state index is 0.0176. The highest BCUT2D eigenvalue weighted by atomic mass is 19.1. The second-order valence-electron chi connectivity index (χ2n) is 7.50. The number of amides is 1. The maximum absolute atomic E-state index is 14.3. The Kier molecular flexibility index (Phi) is 5.26. The number of nitrogens with zero attached hydrogens (tertiary/aromatic N) is 3. The summed E-state index contributed by atoms with van der Waals surface area (Å²) < 4.78 is 15.9. The number of nitrogens with two attached hydrogens (primary N) is 1. The Labute approximate surface area is 177 Å². The fraction of sp³-hybridized carbons (Fsp3) is 0.217. The van der Waals surface area contributed by atoms with Crippen molar-refractivity contribution >= 4 is 11.9 Å². The van der Waals surface area contributed by atoms with Gasteiger partial charge in [-0.25, -0.2) is 9.37 Å². The van der Waals surface area contributed by atoms with Gasteiger partial charge in [0.25, 0.3) is 5.91 Å². The van der Waals surface area contributed by atoms with Crippen LogP contribution in [0.15, 0.2) is 42.5 Å². The molecular weight excluding hydrogens is 399 g/mol. The number of nitriles is 1. The van der Waals surface area contributed by atoms with E-state index >= 15 is 0 Å². The SMILES string of the molecule is N#Cc1ccc(-c2nc(C(N)=O)c(CCC(=O)O)n2-c2ccc(C3CC3)cc2)cc1F. The van der Waals surface area contributed by atoms with E-state index in [1.165, 1.54) is 23.8 Å². The van der Waals surface area contributed by atoms with Crippen molar-refractivity contribution in [3.8, 4) is 23.1 Å². The average Bonchev–Trinajstić information content (AvgIpc) is 3.52. The van der Waals surface area contributed by atoms with Crippen molar-refractivity contribution in [2.45, 2.75) is 31.6 Å². The molecule has 0 unspecified atom stereocenters. The number of aliphatic carboxylic acids is 1. The second kappa shape index (κ2) is 8.03. The number of halogens is 1. The third-order valence-electron chi connectivity index (χ3n) is 5.33. The summed E-state index contributed by atoms with van der Waals surface area (Å²) in [6, 6.07) is 13.5. The van der Waals surface area contributed by atoms with Gasteiger partial charge in [0.15, 0.2) is 0 Å². The smallest absolute Gasteiger partial charge is 0.303 e. The molecule has 1 saturated carbocycles. The molecule has 4 rings (SSSR count). The first-order valence-electron chi connectivity index (χ1n) is 9.82. The molecule has 1 amide bonds. The maximum atomic E-state index is 14.3. The molecule has 0 radical (unpaired) electrons. The van der Waals surface area contributed by atoms with Crippen LogP contribution in [0.2, 0.25) is 0 Å². The highest BCUT2D eigenvalue weighted by Gasteiger charge is 2.26. The van der Waals surface area contributed by atoms with Gasteiger partial charge in [-0.15, -0.1) is 0 Å². The summed E-state index contributed by atoms with van der Waals surface area (Å²) in [6.45, 7) is 0. The van der Waals surface area contributed by atoms with Crippen LogP contribution in [0.4, 0.5) is 4.39 Å². The predicted molar refractivity (Wildman–Crippen MR) is 110 cm³/mol. The zero-order valence-corrected chi connectivity index (χ0v) is 16.5. The normalized spacial score (nSPS) is 13.0. The van der Waals surface area contributed by atoms with Gasteiger partial charge in [0.2, 0.25) is 0 Å². The third-order valence-corrected chi connectivity index (χ3v) is 5.33. The van der Waals surface area contributed by atoms with Gasteiger partial charge >= 0.3 is 5.97 Å². The molecule has 7 nitrogen and oxygen atoms in total. The van der Waals surface area contributed by atoms with Crippen LogP contribution < -0.4 is 5.73 Å². The Bertz CT molecular complexity index is 1220. The van der Waals surface area contributed by atoms with Crippen LogP contribution in [0.3, 0.4) is 0 Å². The number of imidazole rings is 1. The summed E-state index contributed by atoms with van der Waals surface area (Å²) in [5.41, 5.74) is 7.89. The third kappa shape index (κ3) is 4.03. The maximum Gasteiger partial charge on any atom is 0.303 e. The van der Waals surface area contributed by atoms with Gasteiger partial charge in [0.05, 0.1) is 17.7 Å². The van der Waals surface area contributed by atoms with Crippen molar-refractivity contribution in [2.75, 3.05) is 0 Å². The molecule has 0 atom stereocenters. The first-order valence-corrected chi connectivity index (χ1v) is 9.82. The van der Waals surface area contributed by atoms with Gasteiger partial charge in [-0.2, -0.15) is 5.26 Å². The van der Waals surface area contributed by atoms with Crippen molar-refractivity contribution in [3.05, 3.63) is 70.8 Å². The van der Waals surface area contributed by atoms with E-state index in [4.69, 9.17) is 16.1 Å². The van der Waals surface area contributed by atoms with E-state index in [1.807, 2.05) is 24.3 Å². The molecule has 1 fully saturated rings. The van der Waals surface area contributed by atoms with Gasteiger partial charge in [-0.1, -0.05) is 12.1 Å². The number of carbonyl (C=O) groups excluding carboxylic acids is 1. The van der Waals surface area contributed by atoms with E-state index in [0.717, 1.165) is 12.8 Å². The quantitative estimate of drug-likeness (QED) is 0.608. The molecule has 0 aliphatic heterocycles. The van der Waals surface area contributed by atoms with Crippen molar-refractivity contribution in [1.29, 1.82) is 5.26 Å². The molecule has 156 valence electrons. The van der Waals surface area contributed by atoms with Crippen molar-refractivity contribution < 1.29 is 19.1 Å². The lowest BCUT2D eigenvalue weighted by Crippen LogP contribution is -2.16. The first-order chi connectivity index (χ1) is 14.9. The second-order valence-corrected chi connectivity index (χ2v) is 7.50. The summed E-state index contributed by atoms with van der Waals surface area (Å²) in [6.07, 6.45) is 2.09. The van der Waals surface area contributed by atoms with E-state index in [9.17, 15) is 14.0 Å². The minimum Gasteiger partial charge on any atom is -0.481 e. The van der Waals surface area contributed by atoms with Gasteiger partial charge in [0, 0.05) is 17.7 Å². The summed E-state index contributed by atoms with van der Waals surface area (Å²) in [5, 5.41) is 18.2. The molecular formula is C23H19FN4O3. The number of primary amides is 1. The van der Waals surface area contributed by atoms with Crippen LogP contribution in [0.5, 0.6) is 0 Å².